The van der Waals surface area contributed by atoms with E-state index >= 15 is 0 Å². The molecule has 1 aliphatic carbocycles. The van der Waals surface area contributed by atoms with Gasteiger partial charge in [-0.25, -0.2) is 0 Å². The highest BCUT2D eigenvalue weighted by molar-refractivity contribution is 4.78. The van der Waals surface area contributed by atoms with E-state index in [-0.39, 0.29) is 0 Å². The molecule has 1 fully saturated rings. The second kappa shape index (κ2) is 8.14. The molecule has 0 saturated heterocycles. The third-order valence-corrected chi connectivity index (χ3v) is 4.31. The van der Waals surface area contributed by atoms with Gasteiger partial charge in [0.15, 0.2) is 0 Å². The van der Waals surface area contributed by atoms with Crippen LogP contribution in [0.15, 0.2) is 0 Å². The molecule has 0 aliphatic heterocycles. The molecule has 0 N–H and O–H groups in total. The molecule has 0 nitrogen and oxygen atoms in total. The van der Waals surface area contributed by atoms with Crippen LogP contribution in [-0.2, 0) is 0 Å². The highest BCUT2D eigenvalue weighted by Gasteiger charge is 2.25. The minimum Gasteiger partial charge on any atom is -0.0654 e. The summed E-state index contributed by atoms with van der Waals surface area (Å²) in [6, 6.07) is 0. The van der Waals surface area contributed by atoms with Crippen LogP contribution in [0.3, 0.4) is 0 Å². The lowest BCUT2D eigenvalue weighted by Crippen LogP contribution is -2.22. The molecule has 1 aliphatic rings. The van der Waals surface area contributed by atoms with Gasteiger partial charge in [-0.05, 0) is 37.0 Å². The van der Waals surface area contributed by atoms with Crippen molar-refractivity contribution >= 4 is 0 Å². The second-order valence-electron chi connectivity index (χ2n) is 5.96. The largest absolute Gasteiger partial charge is 0.0654 e. The molecule has 1 unspecified atom stereocenters. The maximum Gasteiger partial charge on any atom is -0.0363 e. The van der Waals surface area contributed by atoms with Crippen LogP contribution in [-0.4, -0.2) is 0 Å². The van der Waals surface area contributed by atoms with E-state index in [0.717, 1.165) is 17.8 Å². The molecule has 16 heavy (non-hydrogen) atoms. The van der Waals surface area contributed by atoms with Crippen molar-refractivity contribution in [1.82, 2.24) is 0 Å². The minimum absolute atomic E-state index is 0.887. The molecule has 95 valence electrons. The van der Waals surface area contributed by atoms with Gasteiger partial charge < -0.3 is 0 Å². The molecule has 0 aromatic carbocycles. The van der Waals surface area contributed by atoms with Gasteiger partial charge in [0, 0.05) is 0 Å². The first kappa shape index (κ1) is 14.1. The summed E-state index contributed by atoms with van der Waals surface area (Å²) in [6.07, 6.45) is 15.4. The lowest BCUT2D eigenvalue weighted by atomic mass is 9.73. The molecule has 1 radical (unpaired) electrons. The Morgan fingerprint density at radius 3 is 2.31 bits per heavy atom. The fraction of sp³-hybridized carbons (Fsp3) is 0.938. The van der Waals surface area contributed by atoms with Crippen molar-refractivity contribution < 1.29 is 0 Å². The Hall–Kier alpha value is 0. The van der Waals surface area contributed by atoms with Crippen LogP contribution in [0.25, 0.3) is 0 Å². The van der Waals surface area contributed by atoms with E-state index in [9.17, 15) is 0 Å². The third kappa shape index (κ3) is 4.89. The molecule has 0 spiro atoms. The van der Waals surface area contributed by atoms with Gasteiger partial charge in [0.2, 0.25) is 0 Å². The van der Waals surface area contributed by atoms with Crippen LogP contribution in [0.2, 0.25) is 0 Å². The van der Waals surface area contributed by atoms with Gasteiger partial charge >= 0.3 is 0 Å². The summed E-state index contributed by atoms with van der Waals surface area (Å²) in [5.74, 6) is 2.93. The van der Waals surface area contributed by atoms with Crippen LogP contribution < -0.4 is 0 Å². The van der Waals surface area contributed by atoms with Crippen LogP contribution >= 0.6 is 0 Å². The van der Waals surface area contributed by atoms with E-state index in [1.165, 1.54) is 57.8 Å². The average Bonchev–Trinajstić information content (AvgIpc) is 2.30. The van der Waals surface area contributed by atoms with Crippen LogP contribution in [0, 0.1) is 24.2 Å². The van der Waals surface area contributed by atoms with Gasteiger partial charge in [-0.3, -0.25) is 0 Å². The predicted octanol–water partition coefficient (Wildman–Crippen LogP) is 5.62. The molecule has 0 bridgehead atoms. The van der Waals surface area contributed by atoms with Gasteiger partial charge in [0.25, 0.3) is 0 Å². The van der Waals surface area contributed by atoms with Gasteiger partial charge in [-0.15, -0.1) is 0 Å². The maximum atomic E-state index is 2.51. The summed E-state index contributed by atoms with van der Waals surface area (Å²) >= 11 is 0. The Labute approximate surface area is 103 Å². The monoisotopic (exact) mass is 223 g/mol. The van der Waals surface area contributed by atoms with Crippen molar-refractivity contribution in [3.05, 3.63) is 6.42 Å². The third-order valence-electron chi connectivity index (χ3n) is 4.31. The first-order chi connectivity index (χ1) is 7.75. The molecular formula is C16H31. The summed E-state index contributed by atoms with van der Waals surface area (Å²) in [5, 5.41) is 0. The van der Waals surface area contributed by atoms with Gasteiger partial charge in [-0.2, -0.15) is 0 Å². The molecule has 1 saturated carbocycles. The number of unbranched alkanes of at least 4 members (excludes halogenated alkanes) is 3. The number of hydrogen-bond donors (Lipinski definition) is 0. The fourth-order valence-corrected chi connectivity index (χ4v) is 3.33. The smallest absolute Gasteiger partial charge is 0.0363 e. The standard InChI is InChI=1S/C16H31/c1-4-5-6-10-13-16(14(2)3)15-11-8-7-9-12-15/h6,14-16H,4-5,7-13H2,1-3H3. The fourth-order valence-electron chi connectivity index (χ4n) is 3.33. The predicted molar refractivity (Wildman–Crippen MR) is 73.3 cm³/mol. The lowest BCUT2D eigenvalue weighted by molar-refractivity contribution is 0.184. The topological polar surface area (TPSA) is 0 Å². The molecule has 0 heterocycles. The van der Waals surface area contributed by atoms with Crippen molar-refractivity contribution in [3.8, 4) is 0 Å². The zero-order valence-electron chi connectivity index (χ0n) is 11.7. The molecular weight excluding hydrogens is 192 g/mol. The van der Waals surface area contributed by atoms with Crippen LogP contribution in [0.1, 0.15) is 78.6 Å². The first-order valence-corrected chi connectivity index (χ1v) is 7.57. The second-order valence-corrected chi connectivity index (χ2v) is 5.96. The van der Waals surface area contributed by atoms with Gasteiger partial charge in [0.05, 0.1) is 0 Å². The normalized spacial score (nSPS) is 20.2. The first-order valence-electron chi connectivity index (χ1n) is 7.57. The number of hydrogen-bond acceptors (Lipinski definition) is 0. The zero-order chi connectivity index (χ0) is 11.8. The summed E-state index contributed by atoms with van der Waals surface area (Å²) in [7, 11) is 0. The number of rotatable bonds is 7. The average molecular weight is 223 g/mol. The maximum absolute atomic E-state index is 2.51. The molecule has 0 aromatic rings. The lowest BCUT2D eigenvalue weighted by Gasteiger charge is -2.33. The summed E-state index contributed by atoms with van der Waals surface area (Å²) in [4.78, 5) is 0. The van der Waals surface area contributed by atoms with Crippen molar-refractivity contribution in [2.24, 2.45) is 17.8 Å². The van der Waals surface area contributed by atoms with Crippen molar-refractivity contribution in [1.29, 1.82) is 0 Å². The Bertz CT molecular complexity index is 153. The molecule has 0 aromatic heterocycles. The van der Waals surface area contributed by atoms with Crippen LogP contribution in [0.5, 0.6) is 0 Å². The SMILES string of the molecule is CCC[CH]CCC(C(C)C)C1CCCCC1. The van der Waals surface area contributed by atoms with Crippen molar-refractivity contribution in [2.75, 3.05) is 0 Å². The Balaban J connectivity index is 2.28. The summed E-state index contributed by atoms with van der Waals surface area (Å²) in [6.45, 7) is 7.13. The van der Waals surface area contributed by atoms with Crippen molar-refractivity contribution in [2.45, 2.75) is 78.6 Å². The Morgan fingerprint density at radius 2 is 1.75 bits per heavy atom. The van der Waals surface area contributed by atoms with E-state index in [1.807, 2.05) is 0 Å². The zero-order valence-corrected chi connectivity index (χ0v) is 11.7. The van der Waals surface area contributed by atoms with E-state index in [1.54, 1.807) is 0 Å². The van der Waals surface area contributed by atoms with E-state index in [4.69, 9.17) is 0 Å². The van der Waals surface area contributed by atoms with Gasteiger partial charge in [0.1, 0.15) is 0 Å². The minimum atomic E-state index is 0.887. The van der Waals surface area contributed by atoms with E-state index in [0.29, 0.717) is 0 Å². The molecule has 1 atom stereocenters. The highest BCUT2D eigenvalue weighted by atomic mass is 14.3. The summed E-state index contributed by atoms with van der Waals surface area (Å²) in [5.41, 5.74) is 0. The summed E-state index contributed by atoms with van der Waals surface area (Å²) < 4.78 is 0. The molecule has 1 rings (SSSR count). The van der Waals surface area contributed by atoms with E-state index in [2.05, 4.69) is 27.2 Å². The quantitative estimate of drug-likeness (QED) is 0.491. The van der Waals surface area contributed by atoms with E-state index < -0.39 is 0 Å². The van der Waals surface area contributed by atoms with Crippen molar-refractivity contribution in [3.63, 3.8) is 0 Å². The molecule has 0 heteroatoms. The molecule has 0 amide bonds. The highest BCUT2D eigenvalue weighted by Crippen LogP contribution is 2.36. The Morgan fingerprint density at radius 1 is 1.06 bits per heavy atom. The Kier molecular flexibility index (Phi) is 7.16. The van der Waals surface area contributed by atoms with Crippen LogP contribution in [0.4, 0.5) is 0 Å². The van der Waals surface area contributed by atoms with Gasteiger partial charge in [-0.1, -0.05) is 65.7 Å².